The average Bonchev–Trinajstić information content (AvgIpc) is 2.89. The number of halogens is 1. The van der Waals surface area contributed by atoms with E-state index in [4.69, 9.17) is 16.3 Å². The zero-order chi connectivity index (χ0) is 14.4. The number of hydrogen-bond acceptors (Lipinski definition) is 6. The fourth-order valence-electron chi connectivity index (χ4n) is 1.47. The van der Waals surface area contributed by atoms with Gasteiger partial charge in [0, 0.05) is 6.54 Å². The molecule has 0 bridgehead atoms. The van der Waals surface area contributed by atoms with Gasteiger partial charge in [-0.1, -0.05) is 25.4 Å². The first-order valence-corrected chi connectivity index (χ1v) is 7.80. The topological polar surface area (TPSA) is 59.9 Å². The van der Waals surface area contributed by atoms with Crippen LogP contribution >= 0.6 is 22.9 Å². The van der Waals surface area contributed by atoms with Gasteiger partial charge < -0.3 is 10.1 Å². The fraction of sp³-hybridized carbons (Fsp3) is 0.462. The van der Waals surface area contributed by atoms with E-state index >= 15 is 0 Å². The molecule has 108 valence electrons. The first kappa shape index (κ1) is 15.0. The second kappa shape index (κ2) is 7.40. The van der Waals surface area contributed by atoms with Crippen molar-refractivity contribution in [3.63, 3.8) is 0 Å². The Labute approximate surface area is 127 Å². The molecule has 2 aromatic heterocycles. The molecule has 2 aromatic rings. The van der Waals surface area contributed by atoms with Gasteiger partial charge in [-0.15, -0.1) is 11.3 Å². The maximum atomic E-state index is 5.96. The van der Waals surface area contributed by atoms with E-state index in [1.807, 2.05) is 19.1 Å². The Kier molecular flexibility index (Phi) is 5.55. The zero-order valence-electron chi connectivity index (χ0n) is 11.5. The van der Waals surface area contributed by atoms with Crippen LogP contribution < -0.4 is 10.1 Å². The van der Waals surface area contributed by atoms with Crippen LogP contribution in [0.4, 0.5) is 5.95 Å². The Bertz CT molecular complexity index is 535. The molecule has 0 atom stereocenters. The van der Waals surface area contributed by atoms with E-state index in [1.165, 1.54) is 11.3 Å². The predicted molar refractivity (Wildman–Crippen MR) is 82.7 cm³/mol. The van der Waals surface area contributed by atoms with Crippen LogP contribution in [0.25, 0.3) is 10.7 Å². The molecule has 0 saturated heterocycles. The van der Waals surface area contributed by atoms with Crippen molar-refractivity contribution in [1.82, 2.24) is 15.0 Å². The number of aromatic nitrogens is 3. The van der Waals surface area contributed by atoms with E-state index in [2.05, 4.69) is 27.2 Å². The summed E-state index contributed by atoms with van der Waals surface area (Å²) in [6.45, 7) is 5.52. The highest BCUT2D eigenvalue weighted by Gasteiger charge is 2.11. The van der Waals surface area contributed by atoms with Gasteiger partial charge in [-0.2, -0.15) is 15.0 Å². The number of anilines is 1. The van der Waals surface area contributed by atoms with Crippen LogP contribution in [0.3, 0.4) is 0 Å². The van der Waals surface area contributed by atoms with Crippen LogP contribution in [0, 0.1) is 0 Å². The van der Waals surface area contributed by atoms with Gasteiger partial charge in [0.25, 0.3) is 0 Å². The molecule has 2 heterocycles. The monoisotopic (exact) mass is 312 g/mol. The first-order valence-electron chi connectivity index (χ1n) is 6.61. The molecule has 0 unspecified atom stereocenters. The molecule has 1 N–H and O–H groups in total. The zero-order valence-corrected chi connectivity index (χ0v) is 13.1. The van der Waals surface area contributed by atoms with Gasteiger partial charge in [0.2, 0.25) is 5.95 Å². The summed E-state index contributed by atoms with van der Waals surface area (Å²) < 4.78 is 6.22. The molecule has 2 rings (SSSR count). The van der Waals surface area contributed by atoms with Crippen molar-refractivity contribution in [2.24, 2.45) is 0 Å². The number of rotatable bonds is 7. The molecular formula is C13H17ClN4OS. The highest BCUT2D eigenvalue weighted by molar-refractivity contribution is 7.19. The Morgan fingerprint density at radius 1 is 1.20 bits per heavy atom. The molecule has 0 aliphatic carbocycles. The van der Waals surface area contributed by atoms with Gasteiger partial charge >= 0.3 is 6.01 Å². The van der Waals surface area contributed by atoms with Gasteiger partial charge in [0.15, 0.2) is 5.82 Å². The highest BCUT2D eigenvalue weighted by Crippen LogP contribution is 2.29. The van der Waals surface area contributed by atoms with Gasteiger partial charge in [0.05, 0.1) is 15.8 Å². The minimum Gasteiger partial charge on any atom is -0.463 e. The van der Waals surface area contributed by atoms with Crippen LogP contribution in [-0.4, -0.2) is 28.1 Å². The number of hydrogen-bond donors (Lipinski definition) is 1. The smallest absolute Gasteiger partial charge is 0.321 e. The quantitative estimate of drug-likeness (QED) is 0.841. The van der Waals surface area contributed by atoms with Crippen LogP contribution in [-0.2, 0) is 0 Å². The second-order valence-corrected chi connectivity index (χ2v) is 5.86. The lowest BCUT2D eigenvalue weighted by atomic mass is 10.4. The summed E-state index contributed by atoms with van der Waals surface area (Å²) in [6.07, 6.45) is 1.90. The van der Waals surface area contributed by atoms with E-state index in [0.29, 0.717) is 28.7 Å². The van der Waals surface area contributed by atoms with Crippen molar-refractivity contribution < 1.29 is 4.74 Å². The Hall–Kier alpha value is -1.40. The van der Waals surface area contributed by atoms with Gasteiger partial charge in [-0.05, 0) is 25.0 Å². The first-order chi connectivity index (χ1) is 9.72. The predicted octanol–water partition coefficient (Wildman–Crippen LogP) is 3.86. The maximum Gasteiger partial charge on any atom is 0.321 e. The molecule has 20 heavy (non-hydrogen) atoms. The molecule has 0 aliphatic heterocycles. The van der Waals surface area contributed by atoms with E-state index in [0.717, 1.165) is 24.3 Å². The number of nitrogens with zero attached hydrogens (tertiary/aromatic N) is 3. The van der Waals surface area contributed by atoms with E-state index in [9.17, 15) is 0 Å². The van der Waals surface area contributed by atoms with Crippen molar-refractivity contribution in [3.8, 4) is 16.7 Å². The lowest BCUT2D eigenvalue weighted by molar-refractivity contribution is 0.292. The second-order valence-electron chi connectivity index (χ2n) is 4.14. The molecule has 0 spiro atoms. The summed E-state index contributed by atoms with van der Waals surface area (Å²) in [4.78, 5) is 13.9. The minimum absolute atomic E-state index is 0.347. The summed E-state index contributed by atoms with van der Waals surface area (Å²) in [6, 6.07) is 4.08. The summed E-state index contributed by atoms with van der Waals surface area (Å²) in [7, 11) is 0. The summed E-state index contributed by atoms with van der Waals surface area (Å²) in [5, 5.41) is 3.16. The lowest BCUT2D eigenvalue weighted by Gasteiger charge is -2.08. The third-order valence-corrected chi connectivity index (χ3v) is 3.60. The van der Waals surface area contributed by atoms with E-state index < -0.39 is 0 Å². The fourth-order valence-corrected chi connectivity index (χ4v) is 2.45. The van der Waals surface area contributed by atoms with Crippen LogP contribution in [0.5, 0.6) is 6.01 Å². The molecular weight excluding hydrogens is 296 g/mol. The molecule has 0 aliphatic rings. The van der Waals surface area contributed by atoms with Gasteiger partial charge in [-0.25, -0.2) is 0 Å². The molecule has 0 fully saturated rings. The molecule has 0 aromatic carbocycles. The SMILES string of the molecule is CCCNc1nc(OCCC)nc(-c2ccc(Cl)s2)n1. The van der Waals surface area contributed by atoms with Crippen molar-refractivity contribution in [1.29, 1.82) is 0 Å². The lowest BCUT2D eigenvalue weighted by Crippen LogP contribution is -2.09. The van der Waals surface area contributed by atoms with Crippen molar-refractivity contribution in [2.45, 2.75) is 26.7 Å². The molecule has 7 heteroatoms. The summed E-state index contributed by atoms with van der Waals surface area (Å²) >= 11 is 7.39. The van der Waals surface area contributed by atoms with Gasteiger partial charge in [-0.3, -0.25) is 0 Å². The Morgan fingerprint density at radius 3 is 2.70 bits per heavy atom. The van der Waals surface area contributed by atoms with Crippen molar-refractivity contribution >= 4 is 28.9 Å². The van der Waals surface area contributed by atoms with Crippen LogP contribution in [0.2, 0.25) is 4.34 Å². The summed E-state index contributed by atoms with van der Waals surface area (Å²) in [5.74, 6) is 1.12. The normalized spacial score (nSPS) is 10.6. The number of nitrogens with one attached hydrogen (secondary N) is 1. The van der Waals surface area contributed by atoms with E-state index in [1.54, 1.807) is 0 Å². The Balaban J connectivity index is 2.29. The summed E-state index contributed by atoms with van der Waals surface area (Å²) in [5.41, 5.74) is 0. The molecule has 0 amide bonds. The third kappa shape index (κ3) is 4.05. The number of thiophene rings is 1. The van der Waals surface area contributed by atoms with Crippen LogP contribution in [0.1, 0.15) is 26.7 Å². The van der Waals surface area contributed by atoms with Gasteiger partial charge in [0.1, 0.15) is 0 Å². The van der Waals surface area contributed by atoms with E-state index in [-0.39, 0.29) is 0 Å². The third-order valence-electron chi connectivity index (χ3n) is 2.38. The van der Waals surface area contributed by atoms with Crippen molar-refractivity contribution in [2.75, 3.05) is 18.5 Å². The highest BCUT2D eigenvalue weighted by atomic mass is 35.5. The maximum absolute atomic E-state index is 5.96. The number of ether oxygens (including phenoxy) is 1. The minimum atomic E-state index is 0.347. The Morgan fingerprint density at radius 2 is 2.05 bits per heavy atom. The molecule has 0 radical (unpaired) electrons. The largest absolute Gasteiger partial charge is 0.463 e. The van der Waals surface area contributed by atoms with Crippen LogP contribution in [0.15, 0.2) is 12.1 Å². The average molecular weight is 313 g/mol. The molecule has 5 nitrogen and oxygen atoms in total. The standard InChI is InChI=1S/C13H17ClN4OS/c1-3-7-15-12-16-11(9-5-6-10(14)20-9)17-13(18-12)19-8-4-2/h5-6H,3-4,7-8H2,1-2H3,(H,15,16,17,18). The molecule has 0 saturated carbocycles. The van der Waals surface area contributed by atoms with Crippen molar-refractivity contribution in [3.05, 3.63) is 16.5 Å².